The van der Waals surface area contributed by atoms with Crippen molar-refractivity contribution in [3.05, 3.63) is 57.8 Å². The second-order valence-electron chi connectivity index (χ2n) is 4.97. The van der Waals surface area contributed by atoms with E-state index in [4.69, 9.17) is 4.74 Å². The van der Waals surface area contributed by atoms with Crippen LogP contribution in [0.25, 0.3) is 0 Å². The normalized spacial score (nSPS) is 17.4. The number of hydrogen-bond donors (Lipinski definition) is 2. The maximum Gasteiger partial charge on any atom is 0.251 e. The van der Waals surface area contributed by atoms with Crippen molar-refractivity contribution in [3.8, 4) is 5.75 Å². The second-order valence-corrected chi connectivity index (χ2v) is 4.97. The number of aromatic amines is 1. The molecule has 1 aliphatic rings. The first-order chi connectivity index (χ1) is 9.76. The Morgan fingerprint density at radius 2 is 2.30 bits per heavy atom. The molecule has 2 aromatic rings. The molecule has 0 saturated heterocycles. The number of nitrogens with one attached hydrogen (secondary N) is 2. The SMILES string of the molecule is CNCc1cc(=O)[nH]c(C2COc3ccccc3C2)n1. The summed E-state index contributed by atoms with van der Waals surface area (Å²) in [6, 6.07) is 9.51. The van der Waals surface area contributed by atoms with Gasteiger partial charge in [-0.25, -0.2) is 4.98 Å². The molecule has 5 heteroatoms. The number of hydrogen-bond acceptors (Lipinski definition) is 4. The zero-order valence-corrected chi connectivity index (χ0v) is 11.3. The molecule has 0 saturated carbocycles. The predicted molar refractivity (Wildman–Crippen MR) is 76.0 cm³/mol. The summed E-state index contributed by atoms with van der Waals surface area (Å²) in [5.74, 6) is 1.73. The molecule has 1 aromatic carbocycles. The predicted octanol–water partition coefficient (Wildman–Crippen LogP) is 1.21. The Balaban J connectivity index is 1.89. The highest BCUT2D eigenvalue weighted by Gasteiger charge is 2.23. The third-order valence-electron chi connectivity index (χ3n) is 3.44. The maximum absolute atomic E-state index is 11.7. The Morgan fingerprint density at radius 1 is 1.45 bits per heavy atom. The average Bonchev–Trinajstić information content (AvgIpc) is 2.46. The summed E-state index contributed by atoms with van der Waals surface area (Å²) in [5.41, 5.74) is 1.80. The highest BCUT2D eigenvalue weighted by molar-refractivity contribution is 5.36. The van der Waals surface area contributed by atoms with Crippen LogP contribution in [0.15, 0.2) is 35.1 Å². The number of rotatable bonds is 3. The standard InChI is InChI=1S/C15H17N3O2/c1-16-8-12-7-14(19)18-15(17-12)11-6-10-4-2-3-5-13(10)20-9-11/h2-5,7,11,16H,6,8-9H2,1H3,(H,17,18,19). The van der Waals surface area contributed by atoms with Crippen LogP contribution in [0.4, 0.5) is 0 Å². The molecule has 1 aliphatic heterocycles. The van der Waals surface area contributed by atoms with Gasteiger partial charge in [0.2, 0.25) is 0 Å². The number of fused-ring (bicyclic) bond motifs is 1. The van der Waals surface area contributed by atoms with Gasteiger partial charge in [0.1, 0.15) is 11.6 Å². The van der Waals surface area contributed by atoms with Crippen molar-refractivity contribution >= 4 is 0 Å². The van der Waals surface area contributed by atoms with E-state index in [-0.39, 0.29) is 11.5 Å². The third-order valence-corrected chi connectivity index (χ3v) is 3.44. The monoisotopic (exact) mass is 271 g/mol. The highest BCUT2D eigenvalue weighted by atomic mass is 16.5. The number of benzene rings is 1. The summed E-state index contributed by atoms with van der Waals surface area (Å²) in [6.45, 7) is 1.13. The van der Waals surface area contributed by atoms with E-state index in [1.54, 1.807) is 0 Å². The molecular formula is C15H17N3O2. The number of para-hydroxylation sites is 1. The number of ether oxygens (including phenoxy) is 1. The summed E-state index contributed by atoms with van der Waals surface area (Å²) in [6.07, 6.45) is 0.835. The van der Waals surface area contributed by atoms with Crippen LogP contribution in [0.5, 0.6) is 5.75 Å². The summed E-state index contributed by atoms with van der Waals surface area (Å²) >= 11 is 0. The van der Waals surface area contributed by atoms with E-state index in [0.29, 0.717) is 19.0 Å². The number of aromatic nitrogens is 2. The fourth-order valence-corrected chi connectivity index (χ4v) is 2.50. The lowest BCUT2D eigenvalue weighted by atomic mass is 9.96. The molecule has 0 amide bonds. The van der Waals surface area contributed by atoms with Crippen LogP contribution < -0.4 is 15.6 Å². The molecule has 5 nitrogen and oxygen atoms in total. The van der Waals surface area contributed by atoms with Crippen LogP contribution >= 0.6 is 0 Å². The van der Waals surface area contributed by atoms with Gasteiger partial charge in [0.15, 0.2) is 0 Å². The van der Waals surface area contributed by atoms with E-state index in [2.05, 4.69) is 21.4 Å². The number of H-pyrrole nitrogens is 1. The molecule has 20 heavy (non-hydrogen) atoms. The van der Waals surface area contributed by atoms with Gasteiger partial charge < -0.3 is 15.0 Å². The van der Waals surface area contributed by atoms with Crippen LogP contribution in [-0.4, -0.2) is 23.6 Å². The summed E-state index contributed by atoms with van der Waals surface area (Å²) in [5, 5.41) is 3.01. The minimum absolute atomic E-state index is 0.0920. The quantitative estimate of drug-likeness (QED) is 0.880. The fourth-order valence-electron chi connectivity index (χ4n) is 2.50. The highest BCUT2D eigenvalue weighted by Crippen LogP contribution is 2.30. The van der Waals surface area contributed by atoms with Gasteiger partial charge in [-0.05, 0) is 25.1 Å². The summed E-state index contributed by atoms with van der Waals surface area (Å²) in [7, 11) is 1.84. The summed E-state index contributed by atoms with van der Waals surface area (Å²) in [4.78, 5) is 19.1. The third kappa shape index (κ3) is 2.58. The van der Waals surface area contributed by atoms with Crippen LogP contribution in [0, 0.1) is 0 Å². The van der Waals surface area contributed by atoms with Gasteiger partial charge in [-0.1, -0.05) is 18.2 Å². The molecule has 0 radical (unpaired) electrons. The van der Waals surface area contributed by atoms with Gasteiger partial charge in [0.05, 0.1) is 18.2 Å². The topological polar surface area (TPSA) is 67.0 Å². The largest absolute Gasteiger partial charge is 0.493 e. The van der Waals surface area contributed by atoms with Crippen molar-refractivity contribution in [3.63, 3.8) is 0 Å². The minimum Gasteiger partial charge on any atom is -0.493 e. The van der Waals surface area contributed by atoms with Crippen molar-refractivity contribution in [2.24, 2.45) is 0 Å². The molecule has 1 aromatic heterocycles. The molecule has 2 N–H and O–H groups in total. The van der Waals surface area contributed by atoms with E-state index in [9.17, 15) is 4.79 Å². The van der Waals surface area contributed by atoms with Gasteiger partial charge in [0.25, 0.3) is 5.56 Å². The van der Waals surface area contributed by atoms with E-state index in [0.717, 1.165) is 23.4 Å². The Morgan fingerprint density at radius 3 is 3.15 bits per heavy atom. The molecule has 2 heterocycles. The first-order valence-electron chi connectivity index (χ1n) is 6.71. The lowest BCUT2D eigenvalue weighted by molar-refractivity contribution is 0.257. The van der Waals surface area contributed by atoms with Crippen LogP contribution in [0.3, 0.4) is 0 Å². The Bertz CT molecular complexity index is 666. The smallest absolute Gasteiger partial charge is 0.251 e. The first-order valence-corrected chi connectivity index (χ1v) is 6.71. The molecule has 0 aliphatic carbocycles. The first kappa shape index (κ1) is 12.9. The lowest BCUT2D eigenvalue weighted by Gasteiger charge is -2.24. The van der Waals surface area contributed by atoms with Gasteiger partial charge >= 0.3 is 0 Å². The van der Waals surface area contributed by atoms with Crippen molar-refractivity contribution in [2.75, 3.05) is 13.7 Å². The molecule has 1 unspecified atom stereocenters. The van der Waals surface area contributed by atoms with E-state index in [1.165, 1.54) is 6.07 Å². The van der Waals surface area contributed by atoms with Crippen molar-refractivity contribution in [2.45, 2.75) is 18.9 Å². The van der Waals surface area contributed by atoms with Crippen LogP contribution in [0.1, 0.15) is 23.0 Å². The minimum atomic E-state index is -0.112. The van der Waals surface area contributed by atoms with E-state index in [1.807, 2.05) is 25.2 Å². The van der Waals surface area contributed by atoms with Gasteiger partial charge in [-0.3, -0.25) is 4.79 Å². The zero-order valence-electron chi connectivity index (χ0n) is 11.3. The Labute approximate surface area is 117 Å². The zero-order chi connectivity index (χ0) is 13.9. The van der Waals surface area contributed by atoms with Gasteiger partial charge in [-0.15, -0.1) is 0 Å². The second kappa shape index (κ2) is 5.46. The summed E-state index contributed by atoms with van der Waals surface area (Å²) < 4.78 is 5.75. The van der Waals surface area contributed by atoms with Gasteiger partial charge in [-0.2, -0.15) is 0 Å². The molecule has 0 spiro atoms. The Kier molecular flexibility index (Phi) is 3.52. The van der Waals surface area contributed by atoms with Crippen molar-refractivity contribution in [1.29, 1.82) is 0 Å². The van der Waals surface area contributed by atoms with Crippen LogP contribution in [-0.2, 0) is 13.0 Å². The van der Waals surface area contributed by atoms with E-state index >= 15 is 0 Å². The lowest BCUT2D eigenvalue weighted by Crippen LogP contribution is -2.25. The maximum atomic E-state index is 11.7. The average molecular weight is 271 g/mol. The van der Waals surface area contributed by atoms with Crippen molar-refractivity contribution in [1.82, 2.24) is 15.3 Å². The Hall–Kier alpha value is -2.14. The van der Waals surface area contributed by atoms with Gasteiger partial charge in [0, 0.05) is 12.6 Å². The van der Waals surface area contributed by atoms with Crippen LogP contribution in [0.2, 0.25) is 0 Å². The molecule has 1 atom stereocenters. The molecule has 0 fully saturated rings. The van der Waals surface area contributed by atoms with Crippen molar-refractivity contribution < 1.29 is 4.74 Å². The van der Waals surface area contributed by atoms with E-state index < -0.39 is 0 Å². The molecule has 0 bridgehead atoms. The molecule has 104 valence electrons. The molecular weight excluding hydrogens is 254 g/mol. The molecule has 3 rings (SSSR count). The number of nitrogens with zero attached hydrogens (tertiary/aromatic N) is 1. The fraction of sp³-hybridized carbons (Fsp3) is 0.333.